The van der Waals surface area contributed by atoms with E-state index in [-0.39, 0.29) is 5.91 Å². The number of nitrogens with two attached hydrogens (primary N) is 1. The summed E-state index contributed by atoms with van der Waals surface area (Å²) in [5.41, 5.74) is 10.9. The normalized spacial score (nSPS) is 21.1. The third-order valence-corrected chi connectivity index (χ3v) is 6.41. The number of aromatic nitrogens is 2. The van der Waals surface area contributed by atoms with Crippen LogP contribution in [-0.4, -0.2) is 34.0 Å². The number of aryl methyl sites for hydroxylation is 1. The highest BCUT2D eigenvalue weighted by Gasteiger charge is 2.24. The van der Waals surface area contributed by atoms with Gasteiger partial charge in [0, 0.05) is 35.3 Å². The molecule has 2 aliphatic carbocycles. The van der Waals surface area contributed by atoms with E-state index in [1.807, 2.05) is 30.5 Å². The zero-order valence-corrected chi connectivity index (χ0v) is 17.9. The maximum atomic E-state index is 12.5. The Labute approximate surface area is 182 Å². The van der Waals surface area contributed by atoms with Gasteiger partial charge >= 0.3 is 0 Å². The van der Waals surface area contributed by atoms with Crippen LogP contribution >= 0.6 is 0 Å². The molecule has 2 aromatic carbocycles. The van der Waals surface area contributed by atoms with Crippen molar-refractivity contribution in [2.45, 2.75) is 63.6 Å². The maximum absolute atomic E-state index is 12.5. The zero-order chi connectivity index (χ0) is 21.4. The molecule has 6 heteroatoms. The van der Waals surface area contributed by atoms with E-state index in [9.17, 15) is 4.79 Å². The van der Waals surface area contributed by atoms with Gasteiger partial charge in [0.25, 0.3) is 5.91 Å². The van der Waals surface area contributed by atoms with Crippen molar-refractivity contribution in [3.05, 3.63) is 53.7 Å². The molecule has 0 spiro atoms. The lowest BCUT2D eigenvalue weighted by atomic mass is 9.92. The van der Waals surface area contributed by atoms with E-state index in [1.165, 1.54) is 0 Å². The zero-order valence-electron chi connectivity index (χ0n) is 17.9. The van der Waals surface area contributed by atoms with Crippen molar-refractivity contribution in [1.29, 1.82) is 0 Å². The quantitative estimate of drug-likeness (QED) is 0.581. The summed E-state index contributed by atoms with van der Waals surface area (Å²) >= 11 is 0. The second-order valence-electron chi connectivity index (χ2n) is 9.00. The van der Waals surface area contributed by atoms with E-state index in [0.29, 0.717) is 29.6 Å². The van der Waals surface area contributed by atoms with Gasteiger partial charge < -0.3 is 16.4 Å². The average Bonchev–Trinajstić information content (AvgIpc) is 3.59. The van der Waals surface area contributed by atoms with Gasteiger partial charge in [-0.05, 0) is 86.4 Å². The summed E-state index contributed by atoms with van der Waals surface area (Å²) in [7, 11) is 0. The van der Waals surface area contributed by atoms with Crippen LogP contribution in [0.25, 0.3) is 22.0 Å². The van der Waals surface area contributed by atoms with Crippen molar-refractivity contribution in [3.8, 4) is 11.1 Å². The van der Waals surface area contributed by atoms with Crippen molar-refractivity contribution in [1.82, 2.24) is 15.3 Å². The lowest BCUT2D eigenvalue weighted by Gasteiger charge is -2.26. The summed E-state index contributed by atoms with van der Waals surface area (Å²) in [6.07, 6.45) is 8.26. The van der Waals surface area contributed by atoms with E-state index in [4.69, 9.17) is 10.7 Å². The minimum absolute atomic E-state index is 0.00672. The number of nitrogens with zero attached hydrogens (tertiary/aromatic N) is 2. The third kappa shape index (κ3) is 4.54. The molecule has 0 aliphatic heterocycles. The largest absolute Gasteiger partial charge is 0.351 e. The number of rotatable bonds is 5. The summed E-state index contributed by atoms with van der Waals surface area (Å²) in [6, 6.07) is 13.2. The minimum atomic E-state index is 0.00672. The molecule has 0 bridgehead atoms. The Hall–Kier alpha value is -2.99. The van der Waals surface area contributed by atoms with Crippen LogP contribution in [0.15, 0.2) is 42.6 Å². The smallest absolute Gasteiger partial charge is 0.251 e. The van der Waals surface area contributed by atoms with Crippen LogP contribution in [0, 0.1) is 6.92 Å². The number of anilines is 1. The van der Waals surface area contributed by atoms with Gasteiger partial charge in [0.1, 0.15) is 0 Å². The molecule has 2 aliphatic rings. The molecule has 0 atom stereocenters. The van der Waals surface area contributed by atoms with Crippen LogP contribution in [0.5, 0.6) is 0 Å². The topological polar surface area (TPSA) is 92.9 Å². The fourth-order valence-electron chi connectivity index (χ4n) is 4.29. The van der Waals surface area contributed by atoms with Crippen molar-refractivity contribution in [2.24, 2.45) is 5.73 Å². The van der Waals surface area contributed by atoms with Gasteiger partial charge in [0.15, 0.2) is 0 Å². The van der Waals surface area contributed by atoms with E-state index >= 15 is 0 Å². The van der Waals surface area contributed by atoms with Crippen molar-refractivity contribution in [3.63, 3.8) is 0 Å². The molecule has 160 valence electrons. The minimum Gasteiger partial charge on any atom is -0.351 e. The molecule has 0 saturated heterocycles. The standard InChI is InChI=1S/C25H29N5O/c1-15-2-3-17(24(31)28-20-9-10-20)13-22(15)16-4-11-23-18(12-16)14-27-25(30-23)29-21-7-5-19(26)6-8-21/h2-4,11-14,19-21H,5-10,26H2,1H3,(H,28,31)(H,27,29,30). The highest BCUT2D eigenvalue weighted by Crippen LogP contribution is 2.29. The Morgan fingerprint density at radius 2 is 1.77 bits per heavy atom. The monoisotopic (exact) mass is 415 g/mol. The first kappa shape index (κ1) is 19.9. The molecule has 0 radical (unpaired) electrons. The lowest BCUT2D eigenvalue weighted by Crippen LogP contribution is -2.33. The van der Waals surface area contributed by atoms with E-state index in [2.05, 4.69) is 34.7 Å². The number of carbonyl (C=O) groups excluding carboxylic acids is 1. The van der Waals surface area contributed by atoms with Crippen LogP contribution in [0.4, 0.5) is 5.95 Å². The Kier molecular flexibility index (Phi) is 5.32. The molecule has 0 unspecified atom stereocenters. The van der Waals surface area contributed by atoms with Crippen LogP contribution in [-0.2, 0) is 0 Å². The van der Waals surface area contributed by atoms with Crippen LogP contribution in [0.3, 0.4) is 0 Å². The van der Waals surface area contributed by atoms with Gasteiger partial charge in [0.05, 0.1) is 5.52 Å². The molecule has 1 amide bonds. The van der Waals surface area contributed by atoms with Gasteiger partial charge in [-0.3, -0.25) is 4.79 Å². The van der Waals surface area contributed by atoms with Crippen molar-refractivity contribution >= 4 is 22.8 Å². The maximum Gasteiger partial charge on any atom is 0.251 e. The molecule has 2 fully saturated rings. The summed E-state index contributed by atoms with van der Waals surface area (Å²) < 4.78 is 0. The molecular weight excluding hydrogens is 386 g/mol. The molecule has 31 heavy (non-hydrogen) atoms. The first-order valence-electron chi connectivity index (χ1n) is 11.3. The highest BCUT2D eigenvalue weighted by atomic mass is 16.1. The fraction of sp³-hybridized carbons (Fsp3) is 0.400. The van der Waals surface area contributed by atoms with Crippen molar-refractivity contribution in [2.75, 3.05) is 5.32 Å². The number of benzene rings is 2. The van der Waals surface area contributed by atoms with E-state index in [1.54, 1.807) is 0 Å². The van der Waals surface area contributed by atoms with E-state index < -0.39 is 0 Å². The highest BCUT2D eigenvalue weighted by molar-refractivity contribution is 5.96. The Morgan fingerprint density at radius 3 is 2.55 bits per heavy atom. The molecular formula is C25H29N5O. The Balaban J connectivity index is 1.37. The molecule has 3 aromatic rings. The van der Waals surface area contributed by atoms with Gasteiger partial charge in [-0.2, -0.15) is 0 Å². The Morgan fingerprint density at radius 1 is 1.00 bits per heavy atom. The second kappa shape index (κ2) is 8.27. The number of fused-ring (bicyclic) bond motifs is 1. The fourth-order valence-corrected chi connectivity index (χ4v) is 4.29. The number of nitrogens with one attached hydrogen (secondary N) is 2. The van der Waals surface area contributed by atoms with E-state index in [0.717, 1.165) is 66.1 Å². The van der Waals surface area contributed by atoms with Gasteiger partial charge in [0.2, 0.25) is 5.95 Å². The van der Waals surface area contributed by atoms with Gasteiger partial charge in [-0.25, -0.2) is 9.97 Å². The number of carbonyl (C=O) groups is 1. The molecule has 5 rings (SSSR count). The van der Waals surface area contributed by atoms with Gasteiger partial charge in [-0.1, -0.05) is 12.1 Å². The predicted molar refractivity (Wildman–Crippen MR) is 124 cm³/mol. The lowest BCUT2D eigenvalue weighted by molar-refractivity contribution is 0.0951. The SMILES string of the molecule is Cc1ccc(C(=O)NC2CC2)cc1-c1ccc2nc(NC3CCC(N)CC3)ncc2c1. The van der Waals surface area contributed by atoms with Crippen LogP contribution < -0.4 is 16.4 Å². The summed E-state index contributed by atoms with van der Waals surface area (Å²) in [4.78, 5) is 21.7. The Bertz CT molecular complexity index is 1120. The average molecular weight is 416 g/mol. The number of hydrogen-bond donors (Lipinski definition) is 3. The summed E-state index contributed by atoms with van der Waals surface area (Å²) in [6.45, 7) is 2.07. The first-order valence-corrected chi connectivity index (χ1v) is 11.3. The van der Waals surface area contributed by atoms with Gasteiger partial charge in [-0.15, -0.1) is 0 Å². The first-order chi connectivity index (χ1) is 15.0. The van der Waals surface area contributed by atoms with Crippen LogP contribution in [0.1, 0.15) is 54.4 Å². The number of hydrogen-bond acceptors (Lipinski definition) is 5. The molecule has 1 aromatic heterocycles. The molecule has 6 nitrogen and oxygen atoms in total. The predicted octanol–water partition coefficient (Wildman–Crippen LogP) is 4.18. The summed E-state index contributed by atoms with van der Waals surface area (Å²) in [5.74, 6) is 0.683. The van der Waals surface area contributed by atoms with Crippen LogP contribution in [0.2, 0.25) is 0 Å². The van der Waals surface area contributed by atoms with Crippen molar-refractivity contribution < 1.29 is 4.79 Å². The molecule has 4 N–H and O–H groups in total. The summed E-state index contributed by atoms with van der Waals surface area (Å²) in [5, 5.41) is 7.52. The third-order valence-electron chi connectivity index (χ3n) is 6.41. The molecule has 1 heterocycles. The number of amides is 1. The second-order valence-corrected chi connectivity index (χ2v) is 9.00. The molecule has 2 saturated carbocycles.